The Morgan fingerprint density at radius 2 is 0.393 bits per heavy atom. The summed E-state index contributed by atoms with van der Waals surface area (Å²) >= 11 is 0. The van der Waals surface area contributed by atoms with Gasteiger partial charge in [-0.3, -0.25) is 0 Å². The number of rotatable bonds is 0. The van der Waals surface area contributed by atoms with Gasteiger partial charge in [-0.25, -0.2) is 0 Å². The zero-order valence-corrected chi connectivity index (χ0v) is 27.0. The molecule has 0 saturated carbocycles. The van der Waals surface area contributed by atoms with Gasteiger partial charge in [0.15, 0.2) is 0 Å². The van der Waals surface area contributed by atoms with Gasteiger partial charge in [0.05, 0.1) is 0 Å². The Balaban J connectivity index is 3.20. The van der Waals surface area contributed by atoms with E-state index in [1.54, 1.807) is 0 Å². The van der Waals surface area contributed by atoms with E-state index in [0.717, 1.165) is 0 Å². The molecule has 0 nitrogen and oxygen atoms in total. The minimum Gasteiger partial charge on any atom is -0.0633 e. The smallest absolute Gasteiger partial charge is 0.0444 e. The molecular weight excluding hydrogens is 401 g/mol. The maximum absolute atomic E-state index is 2.73. The molecule has 2 saturated heterocycles. The topological polar surface area (TPSA) is 0 Å². The Morgan fingerprint density at radius 1 is 0.250 bits per heavy atom. The van der Waals surface area contributed by atoms with Crippen LogP contribution in [0.15, 0.2) is 0 Å². The highest BCUT2D eigenvalue weighted by Gasteiger charge is 3.21. The molecule has 0 aliphatic carbocycles. The molecule has 4 heteroatoms. The van der Waals surface area contributed by atoms with Crippen molar-refractivity contribution in [3.63, 3.8) is 0 Å². The summed E-state index contributed by atoms with van der Waals surface area (Å²) < 4.78 is 0. The standard InChI is InChI=1S/C24H54Si4/c1-19(2,3)25(20(4,5)6)27(23(13,14)15)26(21(7,8)9,22(10,11)12)28(25,27)24(16,17)18/h1-18H3. The highest BCUT2D eigenvalue weighted by molar-refractivity contribution is 8.58. The van der Waals surface area contributed by atoms with Crippen LogP contribution < -0.4 is 0 Å². The minimum atomic E-state index is -1.45. The Labute approximate surface area is 182 Å². The van der Waals surface area contributed by atoms with E-state index in [1.807, 2.05) is 0 Å². The lowest BCUT2D eigenvalue weighted by Gasteiger charge is -2.66. The van der Waals surface area contributed by atoms with Gasteiger partial charge in [-0.1, -0.05) is 125 Å². The average Bonchev–Trinajstić information content (AvgIpc) is 2.99. The van der Waals surface area contributed by atoms with E-state index >= 15 is 0 Å². The fourth-order valence-corrected chi connectivity index (χ4v) is 280. The Morgan fingerprint density at radius 3 is 0.464 bits per heavy atom. The van der Waals surface area contributed by atoms with Crippen LogP contribution in [0, 0.1) is 0 Å². The van der Waals surface area contributed by atoms with Gasteiger partial charge in [0.25, 0.3) is 0 Å². The summed E-state index contributed by atoms with van der Waals surface area (Å²) in [7, 11) is -2.90. The SMILES string of the molecule is CC(C)(C)[Si]1(C(C)(C)C)[Si]2(C(C)(C)C)[Si](C(C)(C)C)(C(C)(C)C)[Si]12C(C)(C)C. The lowest BCUT2D eigenvalue weighted by Crippen LogP contribution is -2.78. The van der Waals surface area contributed by atoms with Crippen molar-refractivity contribution >= 4 is 27.5 Å². The molecule has 2 aliphatic heterocycles. The molecule has 2 heterocycles. The Hall–Kier alpha value is 0.868. The van der Waals surface area contributed by atoms with Crippen molar-refractivity contribution in [1.29, 1.82) is 0 Å². The monoisotopic (exact) mass is 454 g/mol. The summed E-state index contributed by atoms with van der Waals surface area (Å²) in [5.74, 6) is 0. The third kappa shape index (κ3) is 1.96. The van der Waals surface area contributed by atoms with Crippen molar-refractivity contribution in [3.05, 3.63) is 0 Å². The first kappa shape index (κ1) is 25.1. The van der Waals surface area contributed by atoms with E-state index in [2.05, 4.69) is 125 Å². The van der Waals surface area contributed by atoms with Crippen molar-refractivity contribution in [2.75, 3.05) is 0 Å². The maximum Gasteiger partial charge on any atom is 0.0444 e. The van der Waals surface area contributed by atoms with Crippen molar-refractivity contribution in [3.8, 4) is 0 Å². The molecule has 0 unspecified atom stereocenters. The predicted octanol–water partition coefficient (Wildman–Crippen LogP) is 9.00. The quantitative estimate of drug-likeness (QED) is 0.320. The van der Waals surface area contributed by atoms with Gasteiger partial charge >= 0.3 is 0 Å². The summed E-state index contributed by atoms with van der Waals surface area (Å²) in [6, 6.07) is 0. The van der Waals surface area contributed by atoms with Gasteiger partial charge in [-0.15, -0.1) is 0 Å². The molecule has 0 radical (unpaired) electrons. The molecule has 166 valence electrons. The normalized spacial score (nSPS) is 32.8. The zero-order chi connectivity index (χ0) is 23.0. The zero-order valence-electron chi connectivity index (χ0n) is 23.0. The lowest BCUT2D eigenvalue weighted by atomic mass is 10.2. The molecule has 28 heavy (non-hydrogen) atoms. The molecular formula is C24H54Si4. The van der Waals surface area contributed by atoms with Crippen molar-refractivity contribution in [1.82, 2.24) is 0 Å². The van der Waals surface area contributed by atoms with Crippen LogP contribution in [0.1, 0.15) is 125 Å². The molecule has 0 spiro atoms. The molecule has 0 atom stereocenters. The van der Waals surface area contributed by atoms with Gasteiger partial charge in [-0.05, 0) is 30.2 Å². The third-order valence-corrected chi connectivity index (χ3v) is 134. The van der Waals surface area contributed by atoms with E-state index in [-0.39, 0.29) is 0 Å². The Bertz CT molecular complexity index is 560. The van der Waals surface area contributed by atoms with E-state index < -0.39 is 27.5 Å². The number of hydrogen-bond donors (Lipinski definition) is 0. The van der Waals surface area contributed by atoms with Crippen LogP contribution in [0.5, 0.6) is 0 Å². The van der Waals surface area contributed by atoms with E-state index in [1.165, 1.54) is 0 Å². The summed E-state index contributed by atoms with van der Waals surface area (Å²) in [5.41, 5.74) is 0. The van der Waals surface area contributed by atoms with Gasteiger partial charge in [0.2, 0.25) is 0 Å². The molecule has 0 amide bonds. The second-order valence-corrected chi connectivity index (χ2v) is 66.0. The number of fused-ring (bicyclic) bond motifs is 1. The Kier molecular flexibility index (Phi) is 4.87. The highest BCUT2D eigenvalue weighted by Crippen LogP contribution is 3.01. The van der Waals surface area contributed by atoms with Gasteiger partial charge in [-0.2, -0.15) is 0 Å². The first-order valence-electron chi connectivity index (χ1n) is 11.8. The lowest BCUT2D eigenvalue weighted by molar-refractivity contribution is 0.621. The van der Waals surface area contributed by atoms with Crippen LogP contribution >= 0.6 is 0 Å². The van der Waals surface area contributed by atoms with Crippen molar-refractivity contribution < 1.29 is 0 Å². The summed E-state index contributed by atoms with van der Waals surface area (Å²) in [6.45, 7) is 45.9. The van der Waals surface area contributed by atoms with E-state index in [9.17, 15) is 0 Å². The molecule has 2 aliphatic rings. The average molecular weight is 455 g/mol. The third-order valence-electron chi connectivity index (χ3n) is 9.44. The van der Waals surface area contributed by atoms with E-state index in [0.29, 0.717) is 30.2 Å². The molecule has 0 aromatic rings. The van der Waals surface area contributed by atoms with Gasteiger partial charge in [0.1, 0.15) is 0 Å². The molecule has 0 aromatic heterocycles. The molecule has 0 bridgehead atoms. The number of hydrogen-bond acceptors (Lipinski definition) is 0. The molecule has 0 N–H and O–H groups in total. The second kappa shape index (κ2) is 5.43. The van der Waals surface area contributed by atoms with Crippen molar-refractivity contribution in [2.24, 2.45) is 0 Å². The predicted molar refractivity (Wildman–Crippen MR) is 141 cm³/mol. The van der Waals surface area contributed by atoms with Crippen LogP contribution in [-0.2, 0) is 0 Å². The molecule has 0 aromatic carbocycles. The first-order valence-corrected chi connectivity index (χ1v) is 24.8. The van der Waals surface area contributed by atoms with Crippen LogP contribution in [-0.4, -0.2) is 27.5 Å². The summed E-state index contributed by atoms with van der Waals surface area (Å²) in [5, 5.41) is 3.28. The second-order valence-electron chi connectivity index (χ2n) is 16.5. The minimum absolute atomic E-state index is 0.539. The highest BCUT2D eigenvalue weighted by atomic mass is 30.7. The van der Waals surface area contributed by atoms with Crippen molar-refractivity contribution in [2.45, 2.75) is 155 Å². The van der Waals surface area contributed by atoms with Crippen LogP contribution in [0.25, 0.3) is 0 Å². The van der Waals surface area contributed by atoms with Gasteiger partial charge < -0.3 is 0 Å². The van der Waals surface area contributed by atoms with Crippen LogP contribution in [0.2, 0.25) is 30.2 Å². The largest absolute Gasteiger partial charge is 0.0633 e. The first-order chi connectivity index (χ1) is 11.8. The summed E-state index contributed by atoms with van der Waals surface area (Å²) in [6.07, 6.45) is 0. The van der Waals surface area contributed by atoms with Crippen LogP contribution in [0.3, 0.4) is 0 Å². The molecule has 2 rings (SSSR count). The van der Waals surface area contributed by atoms with E-state index in [4.69, 9.17) is 0 Å². The van der Waals surface area contributed by atoms with Crippen LogP contribution in [0.4, 0.5) is 0 Å². The molecule has 2 fully saturated rings. The fraction of sp³-hybridized carbons (Fsp3) is 1.00. The maximum atomic E-state index is 2.73. The summed E-state index contributed by atoms with van der Waals surface area (Å²) in [4.78, 5) is 0. The van der Waals surface area contributed by atoms with Gasteiger partial charge in [0, 0.05) is 27.5 Å². The fourth-order valence-electron chi connectivity index (χ4n) is 11.8.